The summed E-state index contributed by atoms with van der Waals surface area (Å²) in [7, 11) is 1.71. The highest BCUT2D eigenvalue weighted by Gasteiger charge is 2.10. The van der Waals surface area contributed by atoms with E-state index in [9.17, 15) is 14.7 Å². The van der Waals surface area contributed by atoms with Crippen LogP contribution in [0, 0.1) is 0 Å². The fourth-order valence-electron chi connectivity index (χ4n) is 1.52. The number of carbonyl (C=O) groups excluding carboxylic acids is 1. The van der Waals surface area contributed by atoms with Gasteiger partial charge >= 0.3 is 12.0 Å². The van der Waals surface area contributed by atoms with Crippen molar-refractivity contribution >= 4 is 23.5 Å². The normalized spacial score (nSPS) is 10.1. The van der Waals surface area contributed by atoms with Gasteiger partial charge in [-0.05, 0) is 18.2 Å². The number of rotatable bonds is 3. The molecule has 0 unspecified atom stereocenters. The molecule has 0 saturated carbocycles. The molecular formula is C12H12N4O4. The number of aromatic nitrogens is 2. The van der Waals surface area contributed by atoms with E-state index in [1.54, 1.807) is 19.3 Å². The molecule has 0 radical (unpaired) electrons. The van der Waals surface area contributed by atoms with Crippen LogP contribution in [0.5, 0.6) is 5.75 Å². The van der Waals surface area contributed by atoms with Crippen LogP contribution in [0.1, 0.15) is 10.4 Å². The van der Waals surface area contributed by atoms with Crippen molar-refractivity contribution < 1.29 is 19.8 Å². The van der Waals surface area contributed by atoms with Crippen molar-refractivity contribution in [3.63, 3.8) is 0 Å². The molecular weight excluding hydrogens is 264 g/mol. The summed E-state index contributed by atoms with van der Waals surface area (Å²) in [6.45, 7) is 0. The molecule has 4 N–H and O–H groups in total. The first-order chi connectivity index (χ1) is 9.45. The van der Waals surface area contributed by atoms with Gasteiger partial charge < -0.3 is 15.5 Å². The number of aryl methyl sites for hydroxylation is 1. The Morgan fingerprint density at radius 1 is 1.25 bits per heavy atom. The van der Waals surface area contributed by atoms with Gasteiger partial charge in [0.2, 0.25) is 0 Å². The van der Waals surface area contributed by atoms with Crippen molar-refractivity contribution in [2.45, 2.75) is 0 Å². The number of phenols is 1. The van der Waals surface area contributed by atoms with E-state index in [-0.39, 0.29) is 17.0 Å². The van der Waals surface area contributed by atoms with Crippen LogP contribution in [-0.4, -0.2) is 32.0 Å². The van der Waals surface area contributed by atoms with Gasteiger partial charge in [-0.25, -0.2) is 9.59 Å². The van der Waals surface area contributed by atoms with Gasteiger partial charge in [0, 0.05) is 19.3 Å². The fourth-order valence-corrected chi connectivity index (χ4v) is 1.52. The van der Waals surface area contributed by atoms with Gasteiger partial charge in [0.25, 0.3) is 0 Å². The number of carboxylic acids is 1. The molecule has 0 aliphatic heterocycles. The van der Waals surface area contributed by atoms with E-state index in [4.69, 9.17) is 5.11 Å². The van der Waals surface area contributed by atoms with Crippen molar-refractivity contribution in [3.8, 4) is 5.75 Å². The molecule has 1 aromatic heterocycles. The Hall–Kier alpha value is -3.03. The van der Waals surface area contributed by atoms with Crippen molar-refractivity contribution in [2.75, 3.05) is 10.6 Å². The molecule has 0 aliphatic rings. The Morgan fingerprint density at radius 3 is 2.55 bits per heavy atom. The minimum atomic E-state index is -1.16. The lowest BCUT2D eigenvalue weighted by Gasteiger charge is -2.08. The predicted molar refractivity (Wildman–Crippen MR) is 70.9 cm³/mol. The van der Waals surface area contributed by atoms with Gasteiger partial charge in [-0.2, -0.15) is 5.10 Å². The smallest absolute Gasteiger partial charge is 0.335 e. The summed E-state index contributed by atoms with van der Waals surface area (Å²) in [4.78, 5) is 22.4. The average Bonchev–Trinajstić information content (AvgIpc) is 2.77. The number of carboxylic acid groups (broad SMARTS) is 1. The van der Waals surface area contributed by atoms with Crippen LogP contribution >= 0.6 is 0 Å². The Kier molecular flexibility index (Phi) is 3.56. The molecule has 0 atom stereocenters. The molecule has 0 saturated heterocycles. The van der Waals surface area contributed by atoms with Crippen LogP contribution in [0.3, 0.4) is 0 Å². The second-order valence-electron chi connectivity index (χ2n) is 3.99. The number of aromatic hydroxyl groups is 1. The molecule has 1 heterocycles. The molecule has 8 nitrogen and oxygen atoms in total. The third-order valence-corrected chi connectivity index (χ3v) is 2.45. The number of benzene rings is 1. The van der Waals surface area contributed by atoms with Crippen molar-refractivity contribution in [1.29, 1.82) is 0 Å². The third kappa shape index (κ3) is 3.05. The largest absolute Gasteiger partial charge is 0.506 e. The summed E-state index contributed by atoms with van der Waals surface area (Å²) in [5.74, 6) is -1.14. The maximum absolute atomic E-state index is 11.7. The number of nitrogens with zero attached hydrogens (tertiary/aromatic N) is 2. The Labute approximate surface area is 113 Å². The van der Waals surface area contributed by atoms with Crippen molar-refractivity contribution in [2.24, 2.45) is 7.05 Å². The Morgan fingerprint density at radius 2 is 2.00 bits per heavy atom. The van der Waals surface area contributed by atoms with Crippen LogP contribution in [-0.2, 0) is 7.05 Å². The number of anilines is 2. The molecule has 8 heteroatoms. The van der Waals surface area contributed by atoms with Gasteiger partial charge in [0.1, 0.15) is 5.75 Å². The van der Waals surface area contributed by atoms with Gasteiger partial charge in [-0.15, -0.1) is 0 Å². The number of carbonyl (C=O) groups is 2. The van der Waals surface area contributed by atoms with Crippen LogP contribution in [0.2, 0.25) is 0 Å². The number of hydrogen-bond acceptors (Lipinski definition) is 4. The lowest BCUT2D eigenvalue weighted by Crippen LogP contribution is -2.20. The predicted octanol–water partition coefficient (Wildman–Crippen LogP) is 1.47. The lowest BCUT2D eigenvalue weighted by atomic mass is 10.2. The molecule has 104 valence electrons. The zero-order valence-electron chi connectivity index (χ0n) is 10.5. The number of nitrogens with one attached hydrogen (secondary N) is 2. The molecule has 2 rings (SSSR count). The monoisotopic (exact) mass is 276 g/mol. The summed E-state index contributed by atoms with van der Waals surface area (Å²) in [5.41, 5.74) is 0.0293. The van der Waals surface area contributed by atoms with Crippen LogP contribution < -0.4 is 10.6 Å². The summed E-state index contributed by atoms with van der Waals surface area (Å²) in [5, 5.41) is 27.2. The van der Waals surface area contributed by atoms with Gasteiger partial charge in [-0.3, -0.25) is 10.00 Å². The van der Waals surface area contributed by atoms with Crippen molar-refractivity contribution in [1.82, 2.24) is 9.78 Å². The summed E-state index contributed by atoms with van der Waals surface area (Å²) < 4.78 is 1.52. The fraction of sp³-hybridized carbons (Fsp3) is 0.0833. The number of aromatic carboxylic acids is 1. The zero-order valence-corrected chi connectivity index (χ0v) is 10.5. The maximum Gasteiger partial charge on any atom is 0.335 e. The molecule has 20 heavy (non-hydrogen) atoms. The highest BCUT2D eigenvalue weighted by atomic mass is 16.4. The van der Waals surface area contributed by atoms with Crippen molar-refractivity contribution in [3.05, 3.63) is 36.0 Å². The molecule has 1 aromatic carbocycles. The standard InChI is InChI=1S/C12H12N4O4/c1-16-5-4-10(15-16)14-12(20)13-8-3-2-7(11(18)19)6-9(8)17/h2-6,17H,1H3,(H,18,19)(H2,13,14,15,20). The number of hydrogen-bond donors (Lipinski definition) is 4. The van der Waals surface area contributed by atoms with Gasteiger partial charge in [0.05, 0.1) is 11.3 Å². The maximum atomic E-state index is 11.7. The Bertz CT molecular complexity index is 665. The first-order valence-electron chi connectivity index (χ1n) is 5.59. The van der Waals surface area contributed by atoms with E-state index < -0.39 is 12.0 Å². The van der Waals surface area contributed by atoms with E-state index in [1.165, 1.54) is 16.8 Å². The molecule has 0 bridgehead atoms. The van der Waals surface area contributed by atoms with E-state index in [2.05, 4.69) is 15.7 Å². The molecule has 0 fully saturated rings. The quantitative estimate of drug-likeness (QED) is 0.633. The van der Waals surface area contributed by atoms with E-state index in [0.717, 1.165) is 6.07 Å². The van der Waals surface area contributed by atoms with Crippen LogP contribution in [0.15, 0.2) is 30.5 Å². The third-order valence-electron chi connectivity index (χ3n) is 2.45. The van der Waals surface area contributed by atoms with E-state index >= 15 is 0 Å². The first-order valence-corrected chi connectivity index (χ1v) is 5.59. The highest BCUT2D eigenvalue weighted by molar-refractivity contribution is 6.00. The minimum Gasteiger partial charge on any atom is -0.506 e. The second kappa shape index (κ2) is 5.31. The highest BCUT2D eigenvalue weighted by Crippen LogP contribution is 2.24. The molecule has 2 amide bonds. The van der Waals surface area contributed by atoms with Crippen LogP contribution in [0.4, 0.5) is 16.3 Å². The van der Waals surface area contributed by atoms with E-state index in [1.807, 2.05) is 0 Å². The summed E-state index contributed by atoms with van der Waals surface area (Å²) in [6.07, 6.45) is 1.66. The van der Waals surface area contributed by atoms with Gasteiger partial charge in [-0.1, -0.05) is 0 Å². The summed E-state index contributed by atoms with van der Waals surface area (Å²) >= 11 is 0. The second-order valence-corrected chi connectivity index (χ2v) is 3.99. The molecule has 2 aromatic rings. The first kappa shape index (κ1) is 13.4. The number of amides is 2. The zero-order chi connectivity index (χ0) is 14.7. The molecule has 0 spiro atoms. The minimum absolute atomic E-state index is 0.0711. The number of phenolic OH excluding ortho intramolecular Hbond substituents is 1. The lowest BCUT2D eigenvalue weighted by molar-refractivity contribution is 0.0696. The SMILES string of the molecule is Cn1ccc(NC(=O)Nc2ccc(C(=O)O)cc2O)n1. The van der Waals surface area contributed by atoms with Gasteiger partial charge in [0.15, 0.2) is 5.82 Å². The molecule has 0 aliphatic carbocycles. The number of urea groups is 1. The topological polar surface area (TPSA) is 116 Å². The summed E-state index contributed by atoms with van der Waals surface area (Å²) in [6, 6.07) is 4.64. The average molecular weight is 276 g/mol. The van der Waals surface area contributed by atoms with Crippen LogP contribution in [0.25, 0.3) is 0 Å². The Balaban J connectivity index is 2.06. The van der Waals surface area contributed by atoms with E-state index in [0.29, 0.717) is 5.82 Å².